The third kappa shape index (κ3) is 7.02. The van der Waals surface area contributed by atoms with Crippen LogP contribution in [0.3, 0.4) is 0 Å². The number of halogens is 1. The van der Waals surface area contributed by atoms with Gasteiger partial charge in [0.05, 0.1) is 5.56 Å². The smallest absolute Gasteiger partial charge is 0.323 e. The lowest BCUT2D eigenvalue weighted by atomic mass is 10.2. The summed E-state index contributed by atoms with van der Waals surface area (Å²) in [5, 5.41) is 8.64. The molecule has 0 unspecified atom stereocenters. The van der Waals surface area contributed by atoms with E-state index in [1.54, 1.807) is 30.6 Å². The van der Waals surface area contributed by atoms with Crippen LogP contribution in [0.15, 0.2) is 60.9 Å². The van der Waals surface area contributed by atoms with E-state index < -0.39 is 6.03 Å². The molecule has 2 aromatic carbocycles. The van der Waals surface area contributed by atoms with Crippen molar-refractivity contribution in [1.82, 2.24) is 14.9 Å². The molecule has 1 fully saturated rings. The molecule has 0 spiro atoms. The Morgan fingerprint density at radius 1 is 0.939 bits per heavy atom. The molecule has 2 amide bonds. The maximum atomic E-state index is 13.0. The van der Waals surface area contributed by atoms with Crippen molar-refractivity contribution < 1.29 is 9.18 Å². The number of carbonyl (C=O) groups excluding carboxylic acids is 1. The molecular weight excluding hydrogens is 419 g/mol. The SMILES string of the molecule is O=C(Nc1ccc(F)cc1)Nc1cccc(C#Cc2cnc(NCCN3CCCC3)nc2)c1. The summed E-state index contributed by atoms with van der Waals surface area (Å²) in [5.41, 5.74) is 2.53. The Bertz CT molecular complexity index is 1130. The molecule has 1 aliphatic rings. The van der Waals surface area contributed by atoms with Gasteiger partial charge in [-0.25, -0.2) is 19.2 Å². The average Bonchev–Trinajstić information content (AvgIpc) is 3.34. The molecule has 3 aromatic rings. The molecule has 1 aliphatic heterocycles. The molecule has 7 nitrogen and oxygen atoms in total. The number of carbonyl (C=O) groups is 1. The van der Waals surface area contributed by atoms with Crippen LogP contribution in [0.25, 0.3) is 0 Å². The van der Waals surface area contributed by atoms with Crippen molar-refractivity contribution in [2.75, 3.05) is 42.1 Å². The van der Waals surface area contributed by atoms with E-state index in [-0.39, 0.29) is 5.82 Å². The summed E-state index contributed by atoms with van der Waals surface area (Å²) in [6, 6.07) is 12.3. The maximum Gasteiger partial charge on any atom is 0.323 e. The molecule has 0 aliphatic carbocycles. The number of benzene rings is 2. The molecule has 8 heteroatoms. The zero-order valence-corrected chi connectivity index (χ0v) is 18.1. The molecular formula is C25H25FN6O. The van der Waals surface area contributed by atoms with Crippen molar-refractivity contribution >= 4 is 23.4 Å². The Hall–Kier alpha value is -3.96. The number of nitrogens with one attached hydrogen (secondary N) is 3. The largest absolute Gasteiger partial charge is 0.353 e. The standard InChI is InChI=1S/C25H25FN6O/c26-21-8-10-22(11-9-21)30-25(33)31-23-5-3-4-19(16-23)6-7-20-17-28-24(29-18-20)27-12-15-32-13-1-2-14-32/h3-5,8-11,16-18H,1-2,12-15H2,(H,27,28,29)(H2,30,31,33). The van der Waals surface area contributed by atoms with E-state index in [2.05, 4.69) is 42.7 Å². The van der Waals surface area contributed by atoms with Crippen molar-refractivity contribution in [2.24, 2.45) is 0 Å². The van der Waals surface area contributed by atoms with Crippen LogP contribution in [0.1, 0.15) is 24.0 Å². The highest BCUT2D eigenvalue weighted by Crippen LogP contribution is 2.13. The van der Waals surface area contributed by atoms with Crippen LogP contribution >= 0.6 is 0 Å². The monoisotopic (exact) mass is 444 g/mol. The Balaban J connectivity index is 1.29. The summed E-state index contributed by atoms with van der Waals surface area (Å²) >= 11 is 0. The Morgan fingerprint density at radius 2 is 1.64 bits per heavy atom. The number of urea groups is 1. The Kier molecular flexibility index (Phi) is 7.46. The van der Waals surface area contributed by atoms with Crippen LogP contribution in [0.4, 0.5) is 26.5 Å². The lowest BCUT2D eigenvalue weighted by Gasteiger charge is -2.14. The third-order valence-electron chi connectivity index (χ3n) is 5.14. The number of hydrogen-bond acceptors (Lipinski definition) is 5. The number of anilines is 3. The van der Waals surface area contributed by atoms with Gasteiger partial charge in [-0.3, -0.25) is 0 Å². The highest BCUT2D eigenvalue weighted by Gasteiger charge is 2.10. The minimum absolute atomic E-state index is 0.360. The number of likely N-dealkylation sites (tertiary alicyclic amines) is 1. The molecule has 0 saturated carbocycles. The molecule has 1 aromatic heterocycles. The van der Waals surface area contributed by atoms with Gasteiger partial charge >= 0.3 is 6.03 Å². The zero-order valence-electron chi connectivity index (χ0n) is 18.1. The average molecular weight is 445 g/mol. The van der Waals surface area contributed by atoms with Crippen LogP contribution < -0.4 is 16.0 Å². The first-order valence-electron chi connectivity index (χ1n) is 10.9. The second-order valence-corrected chi connectivity index (χ2v) is 7.69. The van der Waals surface area contributed by atoms with E-state index in [0.29, 0.717) is 22.9 Å². The summed E-state index contributed by atoms with van der Waals surface area (Å²) in [7, 11) is 0. The van der Waals surface area contributed by atoms with Gasteiger partial charge in [-0.2, -0.15) is 0 Å². The lowest BCUT2D eigenvalue weighted by molar-refractivity contribution is 0.262. The van der Waals surface area contributed by atoms with Crippen LogP contribution in [0.2, 0.25) is 0 Å². The van der Waals surface area contributed by atoms with Crippen molar-refractivity contribution in [3.8, 4) is 11.8 Å². The summed E-state index contributed by atoms with van der Waals surface area (Å²) in [6.45, 7) is 4.16. The number of rotatable bonds is 6. The van der Waals surface area contributed by atoms with Crippen LogP contribution in [-0.2, 0) is 0 Å². The van der Waals surface area contributed by atoms with Gasteiger partial charge in [0.15, 0.2) is 0 Å². The van der Waals surface area contributed by atoms with Crippen molar-refractivity contribution in [1.29, 1.82) is 0 Å². The summed E-state index contributed by atoms with van der Waals surface area (Å²) in [6.07, 6.45) is 5.95. The van der Waals surface area contributed by atoms with E-state index in [1.807, 2.05) is 6.07 Å². The van der Waals surface area contributed by atoms with Crippen LogP contribution in [-0.4, -0.2) is 47.1 Å². The minimum atomic E-state index is -0.423. The first-order chi connectivity index (χ1) is 16.1. The summed E-state index contributed by atoms with van der Waals surface area (Å²) in [5.74, 6) is 6.33. The molecule has 0 radical (unpaired) electrons. The van der Waals surface area contributed by atoms with Gasteiger partial charge in [-0.15, -0.1) is 0 Å². The number of hydrogen-bond donors (Lipinski definition) is 3. The van der Waals surface area contributed by atoms with E-state index in [4.69, 9.17) is 0 Å². The van der Waals surface area contributed by atoms with E-state index >= 15 is 0 Å². The number of aromatic nitrogens is 2. The predicted molar refractivity (Wildman–Crippen MR) is 128 cm³/mol. The van der Waals surface area contributed by atoms with Gasteiger partial charge in [0.25, 0.3) is 0 Å². The molecule has 0 atom stereocenters. The van der Waals surface area contributed by atoms with Gasteiger partial charge < -0.3 is 20.9 Å². The van der Waals surface area contributed by atoms with Gasteiger partial charge in [-0.1, -0.05) is 17.9 Å². The van der Waals surface area contributed by atoms with Crippen LogP contribution in [0.5, 0.6) is 0 Å². The van der Waals surface area contributed by atoms with E-state index in [1.165, 1.54) is 50.2 Å². The topological polar surface area (TPSA) is 82.2 Å². The molecule has 1 saturated heterocycles. The third-order valence-corrected chi connectivity index (χ3v) is 5.14. The molecule has 3 N–H and O–H groups in total. The quantitative estimate of drug-likeness (QED) is 0.497. The second-order valence-electron chi connectivity index (χ2n) is 7.69. The fraction of sp³-hybridized carbons (Fsp3) is 0.240. The molecule has 168 valence electrons. The van der Waals surface area contributed by atoms with E-state index in [9.17, 15) is 9.18 Å². The summed E-state index contributed by atoms with van der Waals surface area (Å²) < 4.78 is 13.0. The highest BCUT2D eigenvalue weighted by atomic mass is 19.1. The fourth-order valence-corrected chi connectivity index (χ4v) is 3.46. The van der Waals surface area contributed by atoms with Crippen LogP contribution in [0, 0.1) is 17.7 Å². The zero-order chi connectivity index (χ0) is 22.9. The van der Waals surface area contributed by atoms with Gasteiger partial charge in [0, 0.05) is 42.4 Å². The molecule has 2 heterocycles. The number of nitrogens with zero attached hydrogens (tertiary/aromatic N) is 3. The predicted octanol–water partition coefficient (Wildman–Crippen LogP) is 4.17. The first kappa shape index (κ1) is 22.2. The maximum absolute atomic E-state index is 13.0. The number of amides is 2. The Morgan fingerprint density at radius 3 is 2.39 bits per heavy atom. The molecule has 33 heavy (non-hydrogen) atoms. The van der Waals surface area contributed by atoms with Gasteiger partial charge in [0.1, 0.15) is 5.82 Å². The summed E-state index contributed by atoms with van der Waals surface area (Å²) in [4.78, 5) is 23.2. The van der Waals surface area contributed by atoms with Gasteiger partial charge in [0.2, 0.25) is 5.95 Å². The molecule has 4 rings (SSSR count). The molecule has 0 bridgehead atoms. The highest BCUT2D eigenvalue weighted by molar-refractivity contribution is 5.99. The lowest BCUT2D eigenvalue weighted by Crippen LogP contribution is -2.26. The normalized spacial score (nSPS) is 13.1. The second kappa shape index (κ2) is 11.1. The van der Waals surface area contributed by atoms with Crippen molar-refractivity contribution in [3.63, 3.8) is 0 Å². The van der Waals surface area contributed by atoms with E-state index in [0.717, 1.165) is 18.7 Å². The Labute approximate surface area is 192 Å². The van der Waals surface area contributed by atoms with Crippen molar-refractivity contribution in [2.45, 2.75) is 12.8 Å². The first-order valence-corrected chi connectivity index (χ1v) is 10.9. The minimum Gasteiger partial charge on any atom is -0.353 e. The fourth-order valence-electron chi connectivity index (χ4n) is 3.46. The van der Waals surface area contributed by atoms with Crippen molar-refractivity contribution in [3.05, 3.63) is 77.9 Å². The van der Waals surface area contributed by atoms with Gasteiger partial charge in [-0.05, 0) is 68.4 Å².